The monoisotopic (exact) mass is 133 g/mol. The van der Waals surface area contributed by atoms with E-state index in [1.165, 1.54) is 0 Å². The molecule has 1 nitrogen and oxygen atoms in total. The summed E-state index contributed by atoms with van der Waals surface area (Å²) in [7, 11) is 0. The molecule has 0 spiro atoms. The fourth-order valence-corrected chi connectivity index (χ4v) is 0.445. The van der Waals surface area contributed by atoms with E-state index in [0.29, 0.717) is 0 Å². The van der Waals surface area contributed by atoms with Crippen LogP contribution in [0.4, 0.5) is 0 Å². The Bertz CT molecular complexity index is 63.5. The normalized spacial score (nSPS) is 13.2. The topological polar surface area (TPSA) is 12.0 Å². The third kappa shape index (κ3) is 4.16. The Morgan fingerprint density at radius 2 is 2.50 bits per heavy atom. The van der Waals surface area contributed by atoms with Gasteiger partial charge in [-0.3, -0.25) is 5.32 Å². The van der Waals surface area contributed by atoms with Crippen LogP contribution in [0.15, 0.2) is 12.7 Å². The molecule has 0 saturated heterocycles. The molecule has 0 radical (unpaired) electrons. The summed E-state index contributed by atoms with van der Waals surface area (Å²) in [4.78, 5) is 0. The highest BCUT2D eigenvalue weighted by Crippen LogP contribution is 1.93. The summed E-state index contributed by atoms with van der Waals surface area (Å²) < 4.78 is 0. The van der Waals surface area contributed by atoms with E-state index >= 15 is 0 Å². The van der Waals surface area contributed by atoms with Gasteiger partial charge in [-0.2, -0.15) is 0 Å². The van der Waals surface area contributed by atoms with E-state index in [4.69, 9.17) is 11.6 Å². The summed E-state index contributed by atoms with van der Waals surface area (Å²) in [5.41, 5.74) is 0.105. The predicted octanol–water partition coefficient (Wildman–Crippen LogP) is 1.74. The van der Waals surface area contributed by atoms with Gasteiger partial charge in [0.05, 0.1) is 5.50 Å². The second-order valence-electron chi connectivity index (χ2n) is 1.57. The van der Waals surface area contributed by atoms with Crippen LogP contribution in [0.5, 0.6) is 0 Å². The molecule has 8 heavy (non-hydrogen) atoms. The van der Waals surface area contributed by atoms with Gasteiger partial charge in [-0.05, 0) is 6.42 Å². The molecule has 0 fully saturated rings. The van der Waals surface area contributed by atoms with Crippen molar-refractivity contribution in [2.45, 2.75) is 18.8 Å². The van der Waals surface area contributed by atoms with Crippen LogP contribution < -0.4 is 5.32 Å². The molecular formula is C6H12ClN. The summed E-state index contributed by atoms with van der Waals surface area (Å²) in [5.74, 6) is 0. The average molecular weight is 134 g/mol. The smallest absolute Gasteiger partial charge is 0.0825 e. The number of hydrogen-bond acceptors (Lipinski definition) is 1. The molecule has 48 valence electrons. The van der Waals surface area contributed by atoms with Crippen molar-refractivity contribution in [1.29, 1.82) is 0 Å². The lowest BCUT2D eigenvalue weighted by molar-refractivity contribution is 0.671. The summed E-state index contributed by atoms with van der Waals surface area (Å²) in [5, 5.41) is 3.03. The van der Waals surface area contributed by atoms with E-state index in [2.05, 4.69) is 11.9 Å². The number of rotatable bonds is 4. The molecule has 1 unspecified atom stereocenters. The minimum atomic E-state index is 0.105. The van der Waals surface area contributed by atoms with Gasteiger partial charge in [0.2, 0.25) is 0 Å². The van der Waals surface area contributed by atoms with E-state index in [0.717, 1.165) is 13.0 Å². The molecule has 0 heterocycles. The maximum absolute atomic E-state index is 5.69. The van der Waals surface area contributed by atoms with Crippen molar-refractivity contribution in [2.75, 3.05) is 6.54 Å². The molecular weight excluding hydrogens is 122 g/mol. The van der Waals surface area contributed by atoms with Gasteiger partial charge in [0.1, 0.15) is 0 Å². The molecule has 0 aliphatic rings. The number of nitrogens with one attached hydrogen (secondary N) is 1. The van der Waals surface area contributed by atoms with Crippen LogP contribution in [-0.4, -0.2) is 12.0 Å². The molecule has 1 N–H and O–H groups in total. The zero-order valence-electron chi connectivity index (χ0n) is 5.15. The lowest BCUT2D eigenvalue weighted by atomic mass is 10.4. The fourth-order valence-electron chi connectivity index (χ4n) is 0.356. The zero-order valence-corrected chi connectivity index (χ0v) is 5.91. The maximum Gasteiger partial charge on any atom is 0.0825 e. The van der Waals surface area contributed by atoms with Crippen LogP contribution in [0.25, 0.3) is 0 Å². The maximum atomic E-state index is 5.69. The summed E-state index contributed by atoms with van der Waals surface area (Å²) >= 11 is 5.69. The van der Waals surface area contributed by atoms with E-state index in [-0.39, 0.29) is 5.50 Å². The average Bonchev–Trinajstić information content (AvgIpc) is 1.83. The highest BCUT2D eigenvalue weighted by Gasteiger charge is 1.93. The van der Waals surface area contributed by atoms with Crippen LogP contribution in [0, 0.1) is 0 Å². The second-order valence-corrected chi connectivity index (χ2v) is 2.10. The van der Waals surface area contributed by atoms with Crippen LogP contribution in [-0.2, 0) is 0 Å². The van der Waals surface area contributed by atoms with Crippen molar-refractivity contribution in [2.24, 2.45) is 0 Å². The fraction of sp³-hybridized carbons (Fsp3) is 0.667. The van der Waals surface area contributed by atoms with Gasteiger partial charge in [0.25, 0.3) is 0 Å². The highest BCUT2D eigenvalue weighted by atomic mass is 35.5. The minimum absolute atomic E-state index is 0.105. The van der Waals surface area contributed by atoms with Gasteiger partial charge >= 0.3 is 0 Å². The molecule has 0 saturated carbocycles. The summed E-state index contributed by atoms with van der Waals surface area (Å²) in [6, 6.07) is 0. The molecule has 1 atom stereocenters. The molecule has 0 aliphatic carbocycles. The summed E-state index contributed by atoms with van der Waals surface area (Å²) in [6.45, 7) is 6.37. The molecule has 0 rings (SSSR count). The van der Waals surface area contributed by atoms with Gasteiger partial charge in [0.15, 0.2) is 0 Å². The Labute approximate surface area is 55.7 Å². The quantitative estimate of drug-likeness (QED) is 0.350. The molecule has 0 aromatic heterocycles. The van der Waals surface area contributed by atoms with Gasteiger partial charge in [-0.25, -0.2) is 0 Å². The SMILES string of the molecule is C=CCNC(Cl)CC. The van der Waals surface area contributed by atoms with Gasteiger partial charge in [-0.15, -0.1) is 18.2 Å². The van der Waals surface area contributed by atoms with Gasteiger partial charge < -0.3 is 0 Å². The Morgan fingerprint density at radius 1 is 1.88 bits per heavy atom. The van der Waals surface area contributed by atoms with Crippen molar-refractivity contribution >= 4 is 11.6 Å². The molecule has 0 aliphatic heterocycles. The van der Waals surface area contributed by atoms with Gasteiger partial charge in [0, 0.05) is 6.54 Å². The molecule has 0 amide bonds. The number of alkyl halides is 1. The van der Waals surface area contributed by atoms with Crippen LogP contribution in [0.2, 0.25) is 0 Å². The molecule has 0 aromatic rings. The van der Waals surface area contributed by atoms with Crippen LogP contribution in [0.1, 0.15) is 13.3 Å². The van der Waals surface area contributed by atoms with E-state index in [1.54, 1.807) is 6.08 Å². The number of halogens is 1. The highest BCUT2D eigenvalue weighted by molar-refractivity contribution is 6.20. The van der Waals surface area contributed by atoms with Crippen molar-refractivity contribution in [3.63, 3.8) is 0 Å². The van der Waals surface area contributed by atoms with Gasteiger partial charge in [-0.1, -0.05) is 13.0 Å². The Kier molecular flexibility index (Phi) is 5.13. The Hall–Kier alpha value is -0.0100. The van der Waals surface area contributed by atoms with Crippen LogP contribution >= 0.6 is 11.6 Å². The zero-order chi connectivity index (χ0) is 6.41. The largest absolute Gasteiger partial charge is 0.298 e. The minimum Gasteiger partial charge on any atom is -0.298 e. The molecule has 0 aromatic carbocycles. The summed E-state index contributed by atoms with van der Waals surface area (Å²) in [6.07, 6.45) is 2.75. The first-order chi connectivity index (χ1) is 3.81. The lowest BCUT2D eigenvalue weighted by Crippen LogP contribution is -2.22. The third-order valence-electron chi connectivity index (χ3n) is 0.842. The first-order valence-corrected chi connectivity index (χ1v) is 3.23. The Morgan fingerprint density at radius 3 is 2.88 bits per heavy atom. The van der Waals surface area contributed by atoms with Crippen molar-refractivity contribution < 1.29 is 0 Å². The van der Waals surface area contributed by atoms with E-state index < -0.39 is 0 Å². The van der Waals surface area contributed by atoms with E-state index in [9.17, 15) is 0 Å². The first-order valence-electron chi connectivity index (χ1n) is 2.79. The Balaban J connectivity index is 2.97. The number of hydrogen-bond donors (Lipinski definition) is 1. The van der Waals surface area contributed by atoms with Crippen LogP contribution in [0.3, 0.4) is 0 Å². The first kappa shape index (κ1) is 7.99. The standard InChI is InChI=1S/C6H12ClN/c1-3-5-8-6(7)4-2/h3,6,8H,1,4-5H2,2H3. The van der Waals surface area contributed by atoms with Crippen molar-refractivity contribution in [1.82, 2.24) is 5.32 Å². The second kappa shape index (κ2) is 5.13. The predicted molar refractivity (Wildman–Crippen MR) is 38.1 cm³/mol. The molecule has 2 heteroatoms. The third-order valence-corrected chi connectivity index (χ3v) is 1.31. The molecule has 0 bridgehead atoms. The van der Waals surface area contributed by atoms with Crippen molar-refractivity contribution in [3.05, 3.63) is 12.7 Å². The lowest BCUT2D eigenvalue weighted by Gasteiger charge is -2.04. The van der Waals surface area contributed by atoms with E-state index in [1.807, 2.05) is 6.92 Å². The van der Waals surface area contributed by atoms with Crippen molar-refractivity contribution in [3.8, 4) is 0 Å².